The molecule has 0 amide bonds. The van der Waals surface area contributed by atoms with Crippen LogP contribution in [0.15, 0.2) is 78.9 Å². The first kappa shape index (κ1) is 18.6. The van der Waals surface area contributed by atoms with Crippen LogP contribution in [0.25, 0.3) is 0 Å². The standard InChI is InChI=1S/C22H23O3P/c1-18-8-12-20(13-9-18)16-24-26(23,22-6-4-3-5-7-22)25-17-21-14-10-19(2)11-15-21/h3-15H,16-17H2,1-2H3. The van der Waals surface area contributed by atoms with Crippen molar-refractivity contribution in [2.24, 2.45) is 0 Å². The summed E-state index contributed by atoms with van der Waals surface area (Å²) in [4.78, 5) is 0. The normalized spacial score (nSPS) is 11.5. The van der Waals surface area contributed by atoms with Gasteiger partial charge >= 0.3 is 7.60 Å². The van der Waals surface area contributed by atoms with E-state index in [0.717, 1.165) is 11.1 Å². The molecular formula is C22H23O3P. The number of aryl methyl sites for hydroxylation is 2. The van der Waals surface area contributed by atoms with E-state index in [1.807, 2.05) is 80.6 Å². The van der Waals surface area contributed by atoms with Gasteiger partial charge < -0.3 is 9.05 Å². The van der Waals surface area contributed by atoms with Gasteiger partial charge in [0, 0.05) is 0 Å². The maximum absolute atomic E-state index is 13.5. The number of benzene rings is 3. The van der Waals surface area contributed by atoms with E-state index >= 15 is 0 Å². The van der Waals surface area contributed by atoms with E-state index in [-0.39, 0.29) is 13.2 Å². The Labute approximate surface area is 155 Å². The maximum atomic E-state index is 13.5. The second-order valence-electron chi connectivity index (χ2n) is 6.35. The van der Waals surface area contributed by atoms with Crippen LogP contribution in [0.5, 0.6) is 0 Å². The molecule has 0 unspecified atom stereocenters. The van der Waals surface area contributed by atoms with Crippen LogP contribution in [-0.4, -0.2) is 0 Å². The van der Waals surface area contributed by atoms with Crippen molar-refractivity contribution in [1.82, 2.24) is 0 Å². The van der Waals surface area contributed by atoms with Crippen molar-refractivity contribution in [3.63, 3.8) is 0 Å². The first-order chi connectivity index (χ1) is 12.5. The molecule has 0 saturated heterocycles. The zero-order valence-corrected chi connectivity index (χ0v) is 16.0. The molecule has 3 aromatic rings. The van der Waals surface area contributed by atoms with Gasteiger partial charge in [0.15, 0.2) is 0 Å². The molecule has 26 heavy (non-hydrogen) atoms. The van der Waals surface area contributed by atoms with Crippen molar-refractivity contribution in [1.29, 1.82) is 0 Å². The van der Waals surface area contributed by atoms with Crippen molar-refractivity contribution in [3.8, 4) is 0 Å². The lowest BCUT2D eigenvalue weighted by Crippen LogP contribution is -2.10. The molecule has 3 nitrogen and oxygen atoms in total. The van der Waals surface area contributed by atoms with Gasteiger partial charge in [-0.25, -0.2) is 0 Å². The summed E-state index contributed by atoms with van der Waals surface area (Å²) in [5.41, 5.74) is 4.28. The molecule has 0 aliphatic rings. The van der Waals surface area contributed by atoms with Gasteiger partial charge in [0.2, 0.25) is 0 Å². The van der Waals surface area contributed by atoms with Gasteiger partial charge in [-0.05, 0) is 37.1 Å². The van der Waals surface area contributed by atoms with Crippen molar-refractivity contribution >= 4 is 12.9 Å². The second kappa shape index (κ2) is 8.46. The van der Waals surface area contributed by atoms with E-state index in [9.17, 15) is 4.57 Å². The lowest BCUT2D eigenvalue weighted by atomic mass is 10.2. The quantitative estimate of drug-likeness (QED) is 0.514. The summed E-state index contributed by atoms with van der Waals surface area (Å²) in [7, 11) is -3.43. The Hall–Kier alpha value is -2.19. The van der Waals surface area contributed by atoms with E-state index in [2.05, 4.69) is 0 Å². The number of hydrogen-bond acceptors (Lipinski definition) is 3. The monoisotopic (exact) mass is 366 g/mol. The average molecular weight is 366 g/mol. The van der Waals surface area contributed by atoms with Crippen LogP contribution >= 0.6 is 7.60 Å². The maximum Gasteiger partial charge on any atom is 0.361 e. The van der Waals surface area contributed by atoms with Crippen LogP contribution in [0, 0.1) is 13.8 Å². The SMILES string of the molecule is Cc1ccc(COP(=O)(OCc2ccc(C)cc2)c2ccccc2)cc1. The van der Waals surface area contributed by atoms with Gasteiger partial charge in [-0.15, -0.1) is 0 Å². The third kappa shape index (κ3) is 4.92. The van der Waals surface area contributed by atoms with Crippen LogP contribution in [0.1, 0.15) is 22.3 Å². The number of hydrogen-bond donors (Lipinski definition) is 0. The molecule has 3 aromatic carbocycles. The minimum Gasteiger partial charge on any atom is -0.300 e. The Kier molecular flexibility index (Phi) is 6.05. The van der Waals surface area contributed by atoms with Gasteiger partial charge in [0.25, 0.3) is 0 Å². The summed E-state index contributed by atoms with van der Waals surface area (Å²) in [6.45, 7) is 4.54. The average Bonchev–Trinajstić information content (AvgIpc) is 2.68. The highest BCUT2D eigenvalue weighted by Gasteiger charge is 2.27. The fourth-order valence-electron chi connectivity index (χ4n) is 2.48. The van der Waals surface area contributed by atoms with E-state index in [0.29, 0.717) is 5.30 Å². The molecule has 0 N–H and O–H groups in total. The van der Waals surface area contributed by atoms with Crippen LogP contribution in [0.4, 0.5) is 0 Å². The second-order valence-corrected chi connectivity index (χ2v) is 8.38. The van der Waals surface area contributed by atoms with E-state index in [4.69, 9.17) is 9.05 Å². The summed E-state index contributed by atoms with van der Waals surface area (Å²) in [5.74, 6) is 0. The Morgan fingerprint density at radius 2 is 1.08 bits per heavy atom. The summed E-state index contributed by atoms with van der Waals surface area (Å²) < 4.78 is 25.1. The van der Waals surface area contributed by atoms with Gasteiger partial charge in [-0.2, -0.15) is 0 Å². The molecule has 0 aliphatic carbocycles. The molecule has 3 rings (SSSR count). The molecule has 0 fully saturated rings. The van der Waals surface area contributed by atoms with Gasteiger partial charge in [-0.1, -0.05) is 77.9 Å². The molecular weight excluding hydrogens is 343 g/mol. The van der Waals surface area contributed by atoms with Crippen molar-refractivity contribution in [3.05, 3.63) is 101 Å². The summed E-state index contributed by atoms with van der Waals surface area (Å²) >= 11 is 0. The third-order valence-corrected chi connectivity index (χ3v) is 5.98. The molecule has 0 aliphatic heterocycles. The zero-order valence-electron chi connectivity index (χ0n) is 15.1. The largest absolute Gasteiger partial charge is 0.361 e. The molecule has 0 aromatic heterocycles. The summed E-state index contributed by atoms with van der Waals surface area (Å²) in [6, 6.07) is 25.1. The number of rotatable bonds is 7. The molecule has 0 bridgehead atoms. The predicted molar refractivity (Wildman–Crippen MR) is 106 cm³/mol. The molecule has 4 heteroatoms. The molecule has 134 valence electrons. The smallest absolute Gasteiger partial charge is 0.300 e. The van der Waals surface area contributed by atoms with Gasteiger partial charge in [0.1, 0.15) is 0 Å². The lowest BCUT2D eigenvalue weighted by molar-refractivity contribution is 0.200. The van der Waals surface area contributed by atoms with Gasteiger partial charge in [-0.3, -0.25) is 4.57 Å². The Morgan fingerprint density at radius 1 is 0.654 bits per heavy atom. The fraction of sp³-hybridized carbons (Fsp3) is 0.182. The van der Waals surface area contributed by atoms with Crippen LogP contribution < -0.4 is 5.30 Å². The van der Waals surface area contributed by atoms with Crippen LogP contribution in [0.2, 0.25) is 0 Å². The molecule has 0 radical (unpaired) electrons. The van der Waals surface area contributed by atoms with Crippen molar-refractivity contribution in [2.75, 3.05) is 0 Å². The first-order valence-corrected chi connectivity index (χ1v) is 10.2. The van der Waals surface area contributed by atoms with Crippen LogP contribution in [0.3, 0.4) is 0 Å². The predicted octanol–water partition coefficient (Wildman–Crippen LogP) is 5.56. The Morgan fingerprint density at radius 3 is 1.50 bits per heavy atom. The highest BCUT2D eigenvalue weighted by atomic mass is 31.2. The fourth-order valence-corrected chi connectivity index (χ4v) is 4.03. The Bertz CT molecular complexity index is 818. The molecule has 0 atom stereocenters. The Balaban J connectivity index is 1.76. The van der Waals surface area contributed by atoms with Crippen molar-refractivity contribution < 1.29 is 13.6 Å². The highest BCUT2D eigenvalue weighted by Crippen LogP contribution is 2.48. The topological polar surface area (TPSA) is 35.5 Å². The van der Waals surface area contributed by atoms with E-state index in [1.54, 1.807) is 12.1 Å². The van der Waals surface area contributed by atoms with E-state index < -0.39 is 7.60 Å². The van der Waals surface area contributed by atoms with Gasteiger partial charge in [0.05, 0.1) is 18.5 Å². The highest BCUT2D eigenvalue weighted by molar-refractivity contribution is 7.62. The zero-order chi connectivity index (χ0) is 18.4. The minimum absolute atomic E-state index is 0.236. The summed E-state index contributed by atoms with van der Waals surface area (Å²) in [6.07, 6.45) is 0. The van der Waals surface area contributed by atoms with E-state index in [1.165, 1.54) is 11.1 Å². The lowest BCUT2D eigenvalue weighted by Gasteiger charge is -2.19. The van der Waals surface area contributed by atoms with Crippen LogP contribution in [-0.2, 0) is 26.8 Å². The summed E-state index contributed by atoms with van der Waals surface area (Å²) in [5, 5.41) is 0.569. The minimum atomic E-state index is -3.43. The van der Waals surface area contributed by atoms with Crippen molar-refractivity contribution in [2.45, 2.75) is 27.1 Å². The molecule has 0 saturated carbocycles. The third-order valence-electron chi connectivity index (χ3n) is 4.12. The first-order valence-electron chi connectivity index (χ1n) is 8.61. The molecule has 0 spiro atoms. The molecule has 0 heterocycles.